The third kappa shape index (κ3) is 2.88. The van der Waals surface area contributed by atoms with Crippen LogP contribution in [0.5, 0.6) is 11.5 Å². The quantitative estimate of drug-likeness (QED) is 0.777. The van der Waals surface area contributed by atoms with Crippen LogP contribution in [0.4, 0.5) is 5.69 Å². The molecule has 0 saturated heterocycles. The van der Waals surface area contributed by atoms with Crippen LogP contribution in [0.25, 0.3) is 0 Å². The standard InChI is InChI=1S/C15H21N2O2/c1-18-13-7-8-15-14(9-13)16-17(11-19-15)10-12-5-3-2-4-6-12/h7-9,12H,2-6,10-11H2,1H3/q+1. The lowest BCUT2D eigenvalue weighted by molar-refractivity contribution is -0.625. The zero-order valence-corrected chi connectivity index (χ0v) is 11.5. The Bertz CT molecular complexity index is 479. The first-order chi connectivity index (χ1) is 9.35. The Balaban J connectivity index is 1.74. The van der Waals surface area contributed by atoms with Gasteiger partial charge in [-0.25, -0.2) is 0 Å². The van der Waals surface area contributed by atoms with Crippen molar-refractivity contribution in [3.8, 4) is 11.5 Å². The predicted octanol–water partition coefficient (Wildman–Crippen LogP) is 3.72. The number of nitrogens with zero attached hydrogens (tertiary/aromatic N) is 2. The van der Waals surface area contributed by atoms with Gasteiger partial charge in [-0.3, -0.25) is 0 Å². The van der Waals surface area contributed by atoms with Gasteiger partial charge >= 0.3 is 6.73 Å². The number of hydrogen-bond acceptors (Lipinski definition) is 3. The van der Waals surface area contributed by atoms with Crippen LogP contribution in [0.3, 0.4) is 0 Å². The van der Waals surface area contributed by atoms with Crippen LogP contribution in [0.2, 0.25) is 0 Å². The third-order valence-corrected chi connectivity index (χ3v) is 3.98. The lowest BCUT2D eigenvalue weighted by Gasteiger charge is -2.20. The summed E-state index contributed by atoms with van der Waals surface area (Å²) in [6.45, 7) is 1.58. The van der Waals surface area contributed by atoms with Gasteiger partial charge in [0.05, 0.1) is 7.11 Å². The highest BCUT2D eigenvalue weighted by Gasteiger charge is 2.24. The molecular weight excluding hydrogens is 240 g/mol. The molecule has 1 saturated carbocycles. The topological polar surface area (TPSA) is 33.8 Å². The molecule has 102 valence electrons. The van der Waals surface area contributed by atoms with Crippen molar-refractivity contribution in [1.82, 2.24) is 0 Å². The molecule has 0 spiro atoms. The van der Waals surface area contributed by atoms with Crippen LogP contribution < -0.4 is 9.47 Å². The van der Waals surface area contributed by atoms with Crippen molar-refractivity contribution in [2.45, 2.75) is 32.1 Å². The van der Waals surface area contributed by atoms with Crippen molar-refractivity contribution >= 4 is 5.69 Å². The molecule has 0 aromatic heterocycles. The monoisotopic (exact) mass is 261 g/mol. The van der Waals surface area contributed by atoms with Crippen molar-refractivity contribution in [1.29, 1.82) is 0 Å². The summed E-state index contributed by atoms with van der Waals surface area (Å²) >= 11 is 0. The van der Waals surface area contributed by atoms with E-state index in [2.05, 4.69) is 9.81 Å². The molecule has 2 aliphatic rings. The molecule has 1 aromatic carbocycles. The zero-order chi connectivity index (χ0) is 13.1. The SMILES string of the molecule is COc1ccc2c(c1)N=[N+](CC1CCCCC1)CO2. The maximum atomic E-state index is 5.75. The fourth-order valence-electron chi connectivity index (χ4n) is 2.91. The van der Waals surface area contributed by atoms with Gasteiger partial charge in [-0.1, -0.05) is 24.0 Å². The maximum absolute atomic E-state index is 5.75. The second-order valence-electron chi connectivity index (χ2n) is 5.40. The maximum Gasteiger partial charge on any atom is 0.311 e. The Morgan fingerprint density at radius 1 is 1.32 bits per heavy atom. The summed E-state index contributed by atoms with van der Waals surface area (Å²) < 4.78 is 13.0. The van der Waals surface area contributed by atoms with Gasteiger partial charge in [0.15, 0.2) is 18.0 Å². The van der Waals surface area contributed by atoms with Crippen LogP contribution in [-0.4, -0.2) is 25.1 Å². The van der Waals surface area contributed by atoms with E-state index < -0.39 is 0 Å². The molecule has 0 atom stereocenters. The van der Waals surface area contributed by atoms with Gasteiger partial charge in [-0.15, -0.1) is 0 Å². The van der Waals surface area contributed by atoms with E-state index in [0.29, 0.717) is 6.73 Å². The van der Waals surface area contributed by atoms with Gasteiger partial charge in [0.1, 0.15) is 5.75 Å². The smallest absolute Gasteiger partial charge is 0.311 e. The Morgan fingerprint density at radius 2 is 2.16 bits per heavy atom. The summed E-state index contributed by atoms with van der Waals surface area (Å²) in [5.74, 6) is 2.44. The van der Waals surface area contributed by atoms with Crippen LogP contribution in [0, 0.1) is 5.92 Å². The Kier molecular flexibility index (Phi) is 3.67. The average molecular weight is 261 g/mol. The fraction of sp³-hybridized carbons (Fsp3) is 0.600. The minimum atomic E-state index is 0.565. The Hall–Kier alpha value is -1.58. The van der Waals surface area contributed by atoms with Crippen molar-refractivity contribution in [2.24, 2.45) is 11.0 Å². The Morgan fingerprint density at radius 3 is 2.95 bits per heavy atom. The van der Waals surface area contributed by atoms with E-state index in [4.69, 9.17) is 9.47 Å². The lowest BCUT2D eigenvalue weighted by atomic mass is 9.89. The van der Waals surface area contributed by atoms with Gasteiger partial charge in [0.2, 0.25) is 0 Å². The van der Waals surface area contributed by atoms with Crippen LogP contribution in [0.1, 0.15) is 32.1 Å². The number of ether oxygens (including phenoxy) is 2. The molecule has 0 N–H and O–H groups in total. The van der Waals surface area contributed by atoms with E-state index in [-0.39, 0.29) is 0 Å². The summed E-state index contributed by atoms with van der Waals surface area (Å²) in [4.78, 5) is 0. The molecule has 1 fully saturated rings. The fourth-order valence-corrected chi connectivity index (χ4v) is 2.91. The molecule has 0 unspecified atom stereocenters. The van der Waals surface area contributed by atoms with E-state index in [1.807, 2.05) is 18.2 Å². The number of fused-ring (bicyclic) bond motifs is 1. The number of methoxy groups -OCH3 is 1. The van der Waals surface area contributed by atoms with Crippen molar-refractivity contribution in [3.05, 3.63) is 18.2 Å². The van der Waals surface area contributed by atoms with E-state index in [9.17, 15) is 0 Å². The molecule has 3 rings (SSSR count). The minimum absolute atomic E-state index is 0.565. The molecule has 1 aliphatic carbocycles. The minimum Gasteiger partial charge on any atom is -0.497 e. The lowest BCUT2D eigenvalue weighted by Crippen LogP contribution is -2.26. The van der Waals surface area contributed by atoms with Crippen LogP contribution in [0.15, 0.2) is 23.3 Å². The summed E-state index contributed by atoms with van der Waals surface area (Å²) in [6.07, 6.45) is 6.78. The van der Waals surface area contributed by atoms with Gasteiger partial charge < -0.3 is 9.47 Å². The molecule has 4 heteroatoms. The van der Waals surface area contributed by atoms with Crippen molar-refractivity contribution in [2.75, 3.05) is 20.4 Å². The second-order valence-corrected chi connectivity index (χ2v) is 5.40. The molecule has 19 heavy (non-hydrogen) atoms. The van der Waals surface area contributed by atoms with Crippen LogP contribution >= 0.6 is 0 Å². The molecule has 1 aliphatic heterocycles. The summed E-state index contributed by atoms with van der Waals surface area (Å²) in [6, 6.07) is 5.77. The van der Waals surface area contributed by atoms with E-state index >= 15 is 0 Å². The van der Waals surface area contributed by atoms with Gasteiger partial charge in [-0.05, 0) is 25.0 Å². The van der Waals surface area contributed by atoms with E-state index in [1.165, 1.54) is 32.1 Å². The first kappa shape index (κ1) is 12.5. The highest BCUT2D eigenvalue weighted by atomic mass is 16.5. The molecule has 4 nitrogen and oxygen atoms in total. The Labute approximate surface area is 114 Å². The molecule has 1 aromatic rings. The van der Waals surface area contributed by atoms with Crippen molar-refractivity contribution < 1.29 is 14.2 Å². The molecule has 0 amide bonds. The van der Waals surface area contributed by atoms with E-state index in [0.717, 1.165) is 29.6 Å². The van der Waals surface area contributed by atoms with E-state index in [1.54, 1.807) is 7.11 Å². The normalized spacial score (nSPS) is 19.3. The second kappa shape index (κ2) is 5.59. The summed E-state index contributed by atoms with van der Waals surface area (Å²) in [7, 11) is 1.67. The number of azo groups is 2. The highest BCUT2D eigenvalue weighted by molar-refractivity contribution is 5.55. The summed E-state index contributed by atoms with van der Waals surface area (Å²) in [5, 5.41) is 4.68. The number of rotatable bonds is 3. The van der Waals surface area contributed by atoms with Crippen molar-refractivity contribution in [3.63, 3.8) is 0 Å². The largest absolute Gasteiger partial charge is 0.497 e. The van der Waals surface area contributed by atoms with Gasteiger partial charge in [-0.2, -0.15) is 0 Å². The predicted molar refractivity (Wildman–Crippen MR) is 72.3 cm³/mol. The molecular formula is C15H21N2O2+. The van der Waals surface area contributed by atoms with Gasteiger partial charge in [0, 0.05) is 17.1 Å². The molecule has 0 bridgehead atoms. The first-order valence-electron chi connectivity index (χ1n) is 7.12. The first-order valence-corrected chi connectivity index (χ1v) is 7.12. The highest BCUT2D eigenvalue weighted by Crippen LogP contribution is 2.34. The third-order valence-electron chi connectivity index (χ3n) is 3.98. The molecule has 0 radical (unpaired) electrons. The van der Waals surface area contributed by atoms with Gasteiger partial charge in [0.25, 0.3) is 0 Å². The number of benzene rings is 1. The summed E-state index contributed by atoms with van der Waals surface area (Å²) in [5.41, 5.74) is 0.876. The average Bonchev–Trinajstić information content (AvgIpc) is 2.47. The molecule has 1 heterocycles. The number of hydrogen-bond donors (Lipinski definition) is 0. The zero-order valence-electron chi connectivity index (χ0n) is 11.5. The van der Waals surface area contributed by atoms with Crippen LogP contribution in [-0.2, 0) is 0 Å².